The monoisotopic (exact) mass is 274 g/mol. The van der Waals surface area contributed by atoms with Crippen LogP contribution in [0.15, 0.2) is 36.4 Å². The molecule has 20 heavy (non-hydrogen) atoms. The molecule has 0 bridgehead atoms. The van der Waals surface area contributed by atoms with Gasteiger partial charge in [0.2, 0.25) is 11.8 Å². The molecule has 0 aliphatic heterocycles. The predicted octanol–water partition coefficient (Wildman–Crippen LogP) is 1.07. The largest absolute Gasteiger partial charge is 0.481 e. The zero-order valence-electron chi connectivity index (χ0n) is 11.4. The van der Waals surface area contributed by atoms with Gasteiger partial charge < -0.3 is 20.5 Å². The lowest BCUT2D eigenvalue weighted by molar-refractivity contribution is 0.301. The number of aromatic nitrogens is 2. The van der Waals surface area contributed by atoms with Gasteiger partial charge in [-0.05, 0) is 5.56 Å². The minimum atomic E-state index is 0.0268. The first-order valence-electron chi connectivity index (χ1n) is 6.31. The topological polar surface area (TPSA) is 84.5 Å². The summed E-state index contributed by atoms with van der Waals surface area (Å²) >= 11 is 0. The zero-order valence-corrected chi connectivity index (χ0v) is 11.4. The molecule has 1 aromatic carbocycles. The van der Waals surface area contributed by atoms with E-state index < -0.39 is 0 Å². The van der Waals surface area contributed by atoms with E-state index >= 15 is 0 Å². The standard InChI is InChI=1S/C14H18N4O2/c1-20-13-9-12(16-14(15)17-13)18(7-8-19)10-11-5-3-2-4-6-11/h2-6,9,19H,7-8,10H2,1H3,(H2,15,16,17). The first-order chi connectivity index (χ1) is 9.72. The average molecular weight is 274 g/mol. The third-order valence-corrected chi connectivity index (χ3v) is 2.83. The fourth-order valence-corrected chi connectivity index (χ4v) is 1.90. The van der Waals surface area contributed by atoms with Crippen LogP contribution in [0, 0.1) is 0 Å². The van der Waals surface area contributed by atoms with Crippen LogP contribution in [0.4, 0.5) is 11.8 Å². The molecule has 2 rings (SSSR count). The first-order valence-corrected chi connectivity index (χ1v) is 6.31. The Labute approximate surface area is 117 Å². The molecule has 0 fully saturated rings. The van der Waals surface area contributed by atoms with Crippen LogP contribution in [0.2, 0.25) is 0 Å². The van der Waals surface area contributed by atoms with Gasteiger partial charge in [-0.1, -0.05) is 30.3 Å². The summed E-state index contributed by atoms with van der Waals surface area (Å²) in [5, 5.41) is 9.22. The molecule has 0 amide bonds. The molecular weight excluding hydrogens is 256 g/mol. The third-order valence-electron chi connectivity index (χ3n) is 2.83. The van der Waals surface area contributed by atoms with E-state index in [-0.39, 0.29) is 12.6 Å². The highest BCUT2D eigenvalue weighted by Gasteiger charge is 2.11. The second-order valence-corrected chi connectivity index (χ2v) is 4.26. The Hall–Kier alpha value is -2.34. The molecule has 0 unspecified atom stereocenters. The molecule has 1 aromatic heterocycles. The number of methoxy groups -OCH3 is 1. The van der Waals surface area contributed by atoms with Crippen molar-refractivity contribution in [2.75, 3.05) is 30.9 Å². The van der Waals surface area contributed by atoms with Gasteiger partial charge >= 0.3 is 0 Å². The number of nitrogens with zero attached hydrogens (tertiary/aromatic N) is 3. The van der Waals surface area contributed by atoms with Crippen molar-refractivity contribution in [1.29, 1.82) is 0 Å². The van der Waals surface area contributed by atoms with E-state index in [2.05, 4.69) is 9.97 Å². The molecule has 6 heteroatoms. The summed E-state index contributed by atoms with van der Waals surface area (Å²) in [6, 6.07) is 11.7. The summed E-state index contributed by atoms with van der Waals surface area (Å²) in [5.74, 6) is 1.19. The number of ether oxygens (including phenoxy) is 1. The van der Waals surface area contributed by atoms with Crippen LogP contribution < -0.4 is 15.4 Å². The van der Waals surface area contributed by atoms with Gasteiger partial charge in [0.25, 0.3) is 0 Å². The molecule has 6 nitrogen and oxygen atoms in total. The lowest BCUT2D eigenvalue weighted by Gasteiger charge is -2.23. The van der Waals surface area contributed by atoms with Crippen LogP contribution in [0.25, 0.3) is 0 Å². The van der Waals surface area contributed by atoms with Crippen LogP contribution in [-0.4, -0.2) is 35.3 Å². The van der Waals surface area contributed by atoms with Crippen LogP contribution in [0.1, 0.15) is 5.56 Å². The summed E-state index contributed by atoms with van der Waals surface area (Å²) in [5.41, 5.74) is 6.79. The number of hydrogen-bond donors (Lipinski definition) is 2. The lowest BCUT2D eigenvalue weighted by Crippen LogP contribution is -2.27. The summed E-state index contributed by atoms with van der Waals surface area (Å²) in [7, 11) is 1.53. The van der Waals surface area contributed by atoms with Crippen molar-refractivity contribution in [3.05, 3.63) is 42.0 Å². The van der Waals surface area contributed by atoms with Gasteiger partial charge in [-0.15, -0.1) is 0 Å². The number of aliphatic hydroxyl groups is 1. The Morgan fingerprint density at radius 2 is 2.00 bits per heavy atom. The van der Waals surface area contributed by atoms with E-state index in [0.29, 0.717) is 24.8 Å². The number of anilines is 2. The second kappa shape index (κ2) is 6.72. The summed E-state index contributed by atoms with van der Waals surface area (Å²) in [4.78, 5) is 10.1. The smallest absolute Gasteiger partial charge is 0.225 e. The Kier molecular flexibility index (Phi) is 4.73. The minimum absolute atomic E-state index is 0.0268. The van der Waals surface area contributed by atoms with Gasteiger partial charge in [0.15, 0.2) is 0 Å². The average Bonchev–Trinajstić information content (AvgIpc) is 2.47. The Bertz CT molecular complexity index is 548. The normalized spacial score (nSPS) is 10.3. The minimum Gasteiger partial charge on any atom is -0.481 e. The molecule has 106 valence electrons. The highest BCUT2D eigenvalue weighted by molar-refractivity contribution is 5.46. The zero-order chi connectivity index (χ0) is 14.4. The van der Waals surface area contributed by atoms with E-state index in [1.807, 2.05) is 35.2 Å². The molecule has 1 heterocycles. The van der Waals surface area contributed by atoms with E-state index in [4.69, 9.17) is 10.5 Å². The van der Waals surface area contributed by atoms with Crippen LogP contribution in [-0.2, 0) is 6.54 Å². The van der Waals surface area contributed by atoms with Crippen molar-refractivity contribution in [3.8, 4) is 5.88 Å². The predicted molar refractivity (Wildman–Crippen MR) is 77.6 cm³/mol. The van der Waals surface area contributed by atoms with Crippen LogP contribution in [0.5, 0.6) is 5.88 Å². The van der Waals surface area contributed by atoms with E-state index in [0.717, 1.165) is 5.56 Å². The van der Waals surface area contributed by atoms with Crippen molar-refractivity contribution >= 4 is 11.8 Å². The number of hydrogen-bond acceptors (Lipinski definition) is 6. The van der Waals surface area contributed by atoms with Crippen molar-refractivity contribution in [2.24, 2.45) is 0 Å². The van der Waals surface area contributed by atoms with Crippen LogP contribution in [0.3, 0.4) is 0 Å². The molecule has 2 aromatic rings. The molecule has 0 aliphatic carbocycles. The van der Waals surface area contributed by atoms with E-state index in [1.54, 1.807) is 6.07 Å². The lowest BCUT2D eigenvalue weighted by atomic mass is 10.2. The van der Waals surface area contributed by atoms with Gasteiger partial charge in [-0.3, -0.25) is 0 Å². The van der Waals surface area contributed by atoms with Gasteiger partial charge in [-0.2, -0.15) is 9.97 Å². The molecule has 0 saturated heterocycles. The summed E-state index contributed by atoms with van der Waals surface area (Å²) in [6.07, 6.45) is 0. The maximum atomic E-state index is 9.22. The number of benzene rings is 1. The number of rotatable bonds is 6. The molecule has 0 radical (unpaired) electrons. The molecule has 0 saturated carbocycles. The first kappa shape index (κ1) is 14.1. The van der Waals surface area contributed by atoms with E-state index in [1.165, 1.54) is 7.11 Å². The molecule has 3 N–H and O–H groups in total. The quantitative estimate of drug-likeness (QED) is 0.819. The van der Waals surface area contributed by atoms with Gasteiger partial charge in [0, 0.05) is 19.2 Å². The third kappa shape index (κ3) is 3.58. The highest BCUT2D eigenvalue weighted by atomic mass is 16.5. The van der Waals surface area contributed by atoms with Crippen molar-refractivity contribution in [1.82, 2.24) is 9.97 Å². The second-order valence-electron chi connectivity index (χ2n) is 4.26. The molecular formula is C14H18N4O2. The van der Waals surface area contributed by atoms with Crippen LogP contribution >= 0.6 is 0 Å². The Morgan fingerprint density at radius 1 is 1.25 bits per heavy atom. The van der Waals surface area contributed by atoms with E-state index in [9.17, 15) is 5.11 Å². The SMILES string of the molecule is COc1cc(N(CCO)Cc2ccccc2)nc(N)n1. The fraction of sp³-hybridized carbons (Fsp3) is 0.286. The number of nitrogens with two attached hydrogens (primary N) is 1. The van der Waals surface area contributed by atoms with Crippen molar-refractivity contribution in [3.63, 3.8) is 0 Å². The number of nitrogen functional groups attached to an aromatic ring is 1. The fourth-order valence-electron chi connectivity index (χ4n) is 1.90. The number of aliphatic hydroxyl groups excluding tert-OH is 1. The Morgan fingerprint density at radius 3 is 2.65 bits per heavy atom. The highest BCUT2D eigenvalue weighted by Crippen LogP contribution is 2.20. The van der Waals surface area contributed by atoms with Gasteiger partial charge in [-0.25, -0.2) is 0 Å². The van der Waals surface area contributed by atoms with Gasteiger partial charge in [0.1, 0.15) is 5.82 Å². The van der Waals surface area contributed by atoms with Crippen molar-refractivity contribution in [2.45, 2.75) is 6.54 Å². The Balaban J connectivity index is 2.26. The summed E-state index contributed by atoms with van der Waals surface area (Å²) < 4.78 is 5.09. The van der Waals surface area contributed by atoms with Crippen molar-refractivity contribution < 1.29 is 9.84 Å². The molecule has 0 aliphatic rings. The maximum absolute atomic E-state index is 9.22. The maximum Gasteiger partial charge on any atom is 0.225 e. The molecule has 0 atom stereocenters. The molecule has 0 spiro atoms. The summed E-state index contributed by atoms with van der Waals surface area (Å²) in [6.45, 7) is 1.11. The van der Waals surface area contributed by atoms with Gasteiger partial charge in [0.05, 0.1) is 13.7 Å².